The van der Waals surface area contributed by atoms with Gasteiger partial charge in [0.05, 0.1) is 0 Å². The number of benzene rings is 2. The van der Waals surface area contributed by atoms with Crippen LogP contribution >= 0.6 is 0 Å². The third-order valence-corrected chi connectivity index (χ3v) is 2.94. The van der Waals surface area contributed by atoms with Gasteiger partial charge in [0, 0.05) is 23.6 Å². The van der Waals surface area contributed by atoms with Crippen molar-refractivity contribution < 1.29 is 4.74 Å². The highest BCUT2D eigenvalue weighted by Crippen LogP contribution is 2.27. The third-order valence-electron chi connectivity index (χ3n) is 2.94. The molecule has 1 aromatic heterocycles. The smallest absolute Gasteiger partial charge is 0.128 e. The molecule has 3 aromatic rings. The molecule has 3 nitrogen and oxygen atoms in total. The molecule has 0 saturated heterocycles. The molecule has 2 aromatic carbocycles. The molecule has 3 heteroatoms. The summed E-state index contributed by atoms with van der Waals surface area (Å²) in [6.45, 7) is 0.523. The first-order valence-corrected chi connectivity index (χ1v) is 5.90. The van der Waals surface area contributed by atoms with E-state index < -0.39 is 0 Å². The molecule has 0 unspecified atom stereocenters. The van der Waals surface area contributed by atoms with Crippen LogP contribution in [0.5, 0.6) is 11.5 Å². The molecule has 0 aliphatic heterocycles. The van der Waals surface area contributed by atoms with Crippen molar-refractivity contribution in [3.05, 3.63) is 60.3 Å². The van der Waals surface area contributed by atoms with E-state index in [-0.39, 0.29) is 0 Å². The van der Waals surface area contributed by atoms with E-state index in [0.717, 1.165) is 28.0 Å². The topological polar surface area (TPSA) is 51.0 Å². The number of H-pyrrole nitrogens is 1. The lowest BCUT2D eigenvalue weighted by Crippen LogP contribution is -1.94. The van der Waals surface area contributed by atoms with Crippen molar-refractivity contribution in [1.29, 1.82) is 0 Å². The van der Waals surface area contributed by atoms with Crippen molar-refractivity contribution in [3.63, 3.8) is 0 Å². The molecular weight excluding hydrogens is 224 g/mol. The van der Waals surface area contributed by atoms with E-state index >= 15 is 0 Å². The molecule has 0 radical (unpaired) electrons. The molecule has 90 valence electrons. The van der Waals surface area contributed by atoms with Gasteiger partial charge in [-0.25, -0.2) is 0 Å². The molecule has 3 N–H and O–H groups in total. The van der Waals surface area contributed by atoms with Gasteiger partial charge in [0.25, 0.3) is 0 Å². The van der Waals surface area contributed by atoms with Crippen molar-refractivity contribution in [2.75, 3.05) is 0 Å². The van der Waals surface area contributed by atoms with Gasteiger partial charge in [-0.1, -0.05) is 18.2 Å². The zero-order chi connectivity index (χ0) is 12.4. The van der Waals surface area contributed by atoms with E-state index in [9.17, 15) is 0 Å². The largest absolute Gasteiger partial charge is 0.457 e. The number of nitrogens with one attached hydrogen (secondary N) is 1. The fraction of sp³-hybridized carbons (Fsp3) is 0.0667. The zero-order valence-corrected chi connectivity index (χ0v) is 9.89. The number of aromatic amines is 1. The number of hydrogen-bond donors (Lipinski definition) is 2. The Labute approximate surface area is 105 Å². The molecule has 0 spiro atoms. The van der Waals surface area contributed by atoms with Crippen LogP contribution in [0.15, 0.2) is 54.7 Å². The maximum absolute atomic E-state index is 5.80. The number of aromatic nitrogens is 1. The molecule has 0 saturated carbocycles. The summed E-state index contributed by atoms with van der Waals surface area (Å²) < 4.78 is 5.80. The maximum Gasteiger partial charge on any atom is 0.128 e. The molecule has 0 aliphatic rings. The van der Waals surface area contributed by atoms with Crippen LogP contribution in [0.4, 0.5) is 0 Å². The number of ether oxygens (including phenoxy) is 1. The van der Waals surface area contributed by atoms with Gasteiger partial charge in [0.15, 0.2) is 0 Å². The fourth-order valence-electron chi connectivity index (χ4n) is 2.01. The second-order valence-electron chi connectivity index (χ2n) is 4.14. The first-order valence-electron chi connectivity index (χ1n) is 5.90. The zero-order valence-electron chi connectivity index (χ0n) is 9.89. The quantitative estimate of drug-likeness (QED) is 0.734. The van der Waals surface area contributed by atoms with Gasteiger partial charge >= 0.3 is 0 Å². The predicted molar refractivity (Wildman–Crippen MR) is 72.7 cm³/mol. The Morgan fingerprint density at radius 1 is 1.00 bits per heavy atom. The highest BCUT2D eigenvalue weighted by molar-refractivity contribution is 5.84. The normalized spacial score (nSPS) is 10.7. The van der Waals surface area contributed by atoms with Crippen LogP contribution in [0, 0.1) is 0 Å². The van der Waals surface area contributed by atoms with Gasteiger partial charge in [-0.05, 0) is 35.9 Å². The van der Waals surface area contributed by atoms with Crippen molar-refractivity contribution in [1.82, 2.24) is 4.98 Å². The molecule has 0 atom stereocenters. The van der Waals surface area contributed by atoms with E-state index in [0.29, 0.717) is 6.54 Å². The minimum Gasteiger partial charge on any atom is -0.457 e. The Morgan fingerprint density at radius 3 is 2.61 bits per heavy atom. The van der Waals surface area contributed by atoms with Crippen molar-refractivity contribution in [2.45, 2.75) is 6.54 Å². The number of rotatable bonds is 3. The molecule has 0 aliphatic carbocycles. The van der Waals surface area contributed by atoms with Crippen molar-refractivity contribution in [3.8, 4) is 11.5 Å². The fourth-order valence-corrected chi connectivity index (χ4v) is 2.01. The van der Waals surface area contributed by atoms with Gasteiger partial charge in [-0.2, -0.15) is 0 Å². The Morgan fingerprint density at radius 2 is 1.83 bits per heavy atom. The first kappa shape index (κ1) is 10.9. The van der Waals surface area contributed by atoms with E-state index in [1.807, 2.05) is 54.7 Å². The standard InChI is InChI=1S/C15H14N2O/c16-9-11-10-17-15-7-6-13(8-14(11)15)18-12-4-2-1-3-5-12/h1-8,10,17H,9,16H2. The number of fused-ring (bicyclic) bond motifs is 1. The lowest BCUT2D eigenvalue weighted by Gasteiger charge is -2.05. The van der Waals surface area contributed by atoms with Crippen LogP contribution < -0.4 is 10.5 Å². The van der Waals surface area contributed by atoms with Crippen LogP contribution in [0.3, 0.4) is 0 Å². The van der Waals surface area contributed by atoms with Crippen LogP contribution in [0.25, 0.3) is 10.9 Å². The Hall–Kier alpha value is -2.26. The van der Waals surface area contributed by atoms with Gasteiger partial charge in [-0.3, -0.25) is 0 Å². The summed E-state index contributed by atoms with van der Waals surface area (Å²) in [7, 11) is 0. The van der Waals surface area contributed by atoms with Crippen molar-refractivity contribution in [2.24, 2.45) is 5.73 Å². The number of nitrogens with two attached hydrogens (primary N) is 1. The summed E-state index contributed by atoms with van der Waals surface area (Å²) in [5.74, 6) is 1.66. The molecule has 1 heterocycles. The lowest BCUT2D eigenvalue weighted by atomic mass is 10.1. The second kappa shape index (κ2) is 4.55. The summed E-state index contributed by atoms with van der Waals surface area (Å²) >= 11 is 0. The molecule has 0 fully saturated rings. The van der Waals surface area contributed by atoms with Crippen LogP contribution in [0.1, 0.15) is 5.56 Å². The average Bonchev–Trinajstić information content (AvgIpc) is 2.82. The second-order valence-corrected chi connectivity index (χ2v) is 4.14. The number of hydrogen-bond acceptors (Lipinski definition) is 2. The van der Waals surface area contributed by atoms with E-state index in [1.165, 1.54) is 0 Å². The highest BCUT2D eigenvalue weighted by Gasteiger charge is 2.04. The molecule has 18 heavy (non-hydrogen) atoms. The monoisotopic (exact) mass is 238 g/mol. The summed E-state index contributed by atoms with van der Waals surface area (Å²) in [4.78, 5) is 3.19. The van der Waals surface area contributed by atoms with Crippen LogP contribution in [-0.2, 0) is 6.54 Å². The van der Waals surface area contributed by atoms with E-state index in [2.05, 4.69) is 4.98 Å². The molecular formula is C15H14N2O. The third kappa shape index (κ3) is 1.96. The minimum atomic E-state index is 0.523. The van der Waals surface area contributed by atoms with Crippen LogP contribution in [-0.4, -0.2) is 4.98 Å². The van der Waals surface area contributed by atoms with Gasteiger partial charge in [0.2, 0.25) is 0 Å². The Kier molecular flexibility index (Phi) is 2.74. The molecule has 0 amide bonds. The molecule has 0 bridgehead atoms. The number of para-hydroxylation sites is 1. The van der Waals surface area contributed by atoms with E-state index in [4.69, 9.17) is 10.5 Å². The SMILES string of the molecule is NCc1c[nH]c2ccc(Oc3ccccc3)cc12. The van der Waals surface area contributed by atoms with E-state index in [1.54, 1.807) is 0 Å². The van der Waals surface area contributed by atoms with Gasteiger partial charge in [-0.15, -0.1) is 0 Å². The summed E-state index contributed by atoms with van der Waals surface area (Å²) in [5.41, 5.74) is 7.88. The van der Waals surface area contributed by atoms with Crippen LogP contribution in [0.2, 0.25) is 0 Å². The first-order chi connectivity index (χ1) is 8.86. The summed E-state index contributed by atoms with van der Waals surface area (Å²) in [6.07, 6.45) is 1.94. The summed E-state index contributed by atoms with van der Waals surface area (Å²) in [5, 5.41) is 1.12. The Bertz CT molecular complexity index is 659. The average molecular weight is 238 g/mol. The lowest BCUT2D eigenvalue weighted by molar-refractivity contribution is 0.483. The Balaban J connectivity index is 1.97. The summed E-state index contributed by atoms with van der Waals surface area (Å²) in [6, 6.07) is 15.7. The minimum absolute atomic E-state index is 0.523. The predicted octanol–water partition coefficient (Wildman–Crippen LogP) is 3.42. The highest BCUT2D eigenvalue weighted by atomic mass is 16.5. The van der Waals surface area contributed by atoms with Crippen molar-refractivity contribution >= 4 is 10.9 Å². The van der Waals surface area contributed by atoms with Gasteiger partial charge < -0.3 is 15.5 Å². The van der Waals surface area contributed by atoms with Gasteiger partial charge in [0.1, 0.15) is 11.5 Å². The maximum atomic E-state index is 5.80. The molecule has 3 rings (SSSR count).